The second-order valence-corrected chi connectivity index (χ2v) is 9.06. The van der Waals surface area contributed by atoms with Gasteiger partial charge in [-0.3, -0.25) is 10.1 Å². The van der Waals surface area contributed by atoms with E-state index in [0.717, 1.165) is 54.9 Å². The number of ether oxygens (including phenoxy) is 1. The van der Waals surface area contributed by atoms with E-state index in [-0.39, 0.29) is 18.6 Å². The molecule has 4 rings (SSSR count). The van der Waals surface area contributed by atoms with Crippen LogP contribution in [0.15, 0.2) is 78.9 Å². The lowest BCUT2D eigenvalue weighted by atomic mass is 10.0. The molecule has 2 N–H and O–H groups in total. The number of piperidine rings is 1. The van der Waals surface area contributed by atoms with Crippen molar-refractivity contribution in [2.24, 2.45) is 0 Å². The topological polar surface area (TPSA) is 82.1 Å². The van der Waals surface area contributed by atoms with E-state index in [2.05, 4.69) is 10.2 Å². The number of carbonyl (C=O) groups excluding carboxylic acids is 2. The number of hydrogen-bond acceptors (Lipinski definition) is 5. The number of nitrogens with one attached hydrogen (secondary N) is 1. The summed E-state index contributed by atoms with van der Waals surface area (Å²) in [5.41, 5.74) is 4.11. The monoisotopic (exact) mass is 487 g/mol. The predicted octanol–water partition coefficient (Wildman–Crippen LogP) is 4.63. The molecule has 0 radical (unpaired) electrons. The van der Waals surface area contributed by atoms with Gasteiger partial charge in [0.05, 0.1) is 12.3 Å². The molecule has 1 fully saturated rings. The van der Waals surface area contributed by atoms with Crippen molar-refractivity contribution in [2.45, 2.75) is 25.6 Å². The van der Waals surface area contributed by atoms with Crippen molar-refractivity contribution in [3.8, 4) is 11.1 Å². The van der Waals surface area contributed by atoms with Crippen LogP contribution in [0, 0.1) is 0 Å². The Morgan fingerprint density at radius 2 is 1.64 bits per heavy atom. The highest BCUT2D eigenvalue weighted by atomic mass is 16.6. The maximum Gasteiger partial charge on any atom is 0.411 e. The molecular weight excluding hydrogens is 454 g/mol. The first-order valence-corrected chi connectivity index (χ1v) is 12.3. The van der Waals surface area contributed by atoms with Gasteiger partial charge in [-0.25, -0.2) is 4.79 Å². The van der Waals surface area contributed by atoms with Gasteiger partial charge in [-0.2, -0.15) is 0 Å². The summed E-state index contributed by atoms with van der Waals surface area (Å²) >= 11 is 0. The van der Waals surface area contributed by atoms with Crippen molar-refractivity contribution in [2.75, 3.05) is 38.5 Å². The van der Waals surface area contributed by atoms with Crippen molar-refractivity contribution in [1.29, 1.82) is 0 Å². The number of aliphatic hydroxyl groups is 1. The molecular formula is C29H33N3O4. The summed E-state index contributed by atoms with van der Waals surface area (Å²) in [4.78, 5) is 29.3. The zero-order valence-corrected chi connectivity index (χ0v) is 20.6. The lowest BCUT2D eigenvalue weighted by Gasteiger charge is -2.32. The third-order valence-corrected chi connectivity index (χ3v) is 6.54. The van der Waals surface area contributed by atoms with Crippen LogP contribution in [0.5, 0.6) is 0 Å². The Morgan fingerprint density at radius 1 is 0.972 bits per heavy atom. The molecule has 0 saturated carbocycles. The number of anilines is 1. The molecule has 188 valence electrons. The first kappa shape index (κ1) is 25.4. The van der Waals surface area contributed by atoms with Crippen LogP contribution in [-0.4, -0.2) is 66.2 Å². The summed E-state index contributed by atoms with van der Waals surface area (Å²) in [5, 5.41) is 12.1. The number of aliphatic hydroxyl groups excluding tert-OH is 1. The minimum absolute atomic E-state index is 0.0351. The average Bonchev–Trinajstić information content (AvgIpc) is 2.93. The fourth-order valence-corrected chi connectivity index (χ4v) is 4.37. The Kier molecular flexibility index (Phi) is 8.71. The molecule has 0 unspecified atom stereocenters. The lowest BCUT2D eigenvalue weighted by Crippen LogP contribution is -2.42. The zero-order chi connectivity index (χ0) is 25.3. The number of likely N-dealkylation sites (tertiary alicyclic amines) is 1. The molecule has 1 saturated heterocycles. The number of rotatable bonds is 8. The van der Waals surface area contributed by atoms with Crippen LogP contribution in [0.1, 0.15) is 28.8 Å². The van der Waals surface area contributed by atoms with Crippen LogP contribution in [0.25, 0.3) is 11.1 Å². The fourth-order valence-electron chi connectivity index (χ4n) is 4.37. The van der Waals surface area contributed by atoms with Gasteiger partial charge in [0.2, 0.25) is 0 Å². The molecule has 1 aliphatic heterocycles. The number of likely N-dealkylation sites (N-methyl/N-ethyl adjacent to an activating group) is 1. The van der Waals surface area contributed by atoms with E-state index < -0.39 is 6.09 Å². The Balaban J connectivity index is 1.21. The van der Waals surface area contributed by atoms with E-state index in [1.807, 2.05) is 54.6 Å². The van der Waals surface area contributed by atoms with Crippen molar-refractivity contribution >= 4 is 17.7 Å². The van der Waals surface area contributed by atoms with Crippen LogP contribution < -0.4 is 5.32 Å². The van der Waals surface area contributed by atoms with Crippen molar-refractivity contribution in [3.05, 3.63) is 90.0 Å². The summed E-state index contributed by atoms with van der Waals surface area (Å²) in [5.74, 6) is -0.0369. The molecule has 0 aliphatic carbocycles. The minimum atomic E-state index is -0.436. The van der Waals surface area contributed by atoms with Gasteiger partial charge in [0.15, 0.2) is 0 Å². The number of amides is 2. The highest BCUT2D eigenvalue weighted by Gasteiger charge is 2.23. The Bertz CT molecular complexity index is 1140. The first-order chi connectivity index (χ1) is 17.5. The summed E-state index contributed by atoms with van der Waals surface area (Å²) in [6.45, 7) is 2.97. The van der Waals surface area contributed by atoms with Gasteiger partial charge >= 0.3 is 6.09 Å². The molecule has 2 amide bonds. The SMILES string of the molecule is CN(CCN1CCC(OC(=O)Nc2ccccc2-c2ccccc2)CC1)C(=O)c1ccc(CO)cc1. The highest BCUT2D eigenvalue weighted by Crippen LogP contribution is 2.28. The third kappa shape index (κ3) is 6.71. The van der Waals surface area contributed by atoms with E-state index in [1.54, 1.807) is 36.2 Å². The highest BCUT2D eigenvalue weighted by molar-refractivity contribution is 5.94. The van der Waals surface area contributed by atoms with Gasteiger partial charge in [-0.1, -0.05) is 60.7 Å². The van der Waals surface area contributed by atoms with Crippen molar-refractivity contribution < 1.29 is 19.4 Å². The number of para-hydroxylation sites is 1. The minimum Gasteiger partial charge on any atom is -0.446 e. The number of nitrogens with zero attached hydrogens (tertiary/aromatic N) is 2. The van der Waals surface area contributed by atoms with Crippen molar-refractivity contribution in [3.63, 3.8) is 0 Å². The van der Waals surface area contributed by atoms with Crippen molar-refractivity contribution in [1.82, 2.24) is 9.80 Å². The molecule has 3 aromatic rings. The fraction of sp³-hybridized carbons (Fsp3) is 0.310. The zero-order valence-electron chi connectivity index (χ0n) is 20.6. The third-order valence-electron chi connectivity index (χ3n) is 6.54. The van der Waals surface area contributed by atoms with Gasteiger partial charge in [-0.05, 0) is 42.2 Å². The lowest BCUT2D eigenvalue weighted by molar-refractivity contribution is 0.0540. The molecule has 1 aliphatic rings. The van der Waals surface area contributed by atoms with E-state index in [4.69, 9.17) is 9.84 Å². The van der Waals surface area contributed by atoms with E-state index in [9.17, 15) is 9.59 Å². The van der Waals surface area contributed by atoms with Crippen LogP contribution in [-0.2, 0) is 11.3 Å². The molecule has 0 aromatic heterocycles. The molecule has 3 aromatic carbocycles. The second-order valence-electron chi connectivity index (χ2n) is 9.06. The summed E-state index contributed by atoms with van der Waals surface area (Å²) < 4.78 is 5.72. The quantitative estimate of drug-likeness (QED) is 0.484. The van der Waals surface area contributed by atoms with Gasteiger partial charge in [0.25, 0.3) is 5.91 Å². The smallest absolute Gasteiger partial charge is 0.411 e. The molecule has 36 heavy (non-hydrogen) atoms. The number of hydrogen-bond donors (Lipinski definition) is 2. The first-order valence-electron chi connectivity index (χ1n) is 12.3. The van der Waals surface area contributed by atoms with Gasteiger partial charge < -0.3 is 19.6 Å². The summed E-state index contributed by atoms with van der Waals surface area (Å²) in [7, 11) is 1.80. The predicted molar refractivity (Wildman–Crippen MR) is 141 cm³/mol. The molecule has 7 heteroatoms. The average molecular weight is 488 g/mol. The van der Waals surface area contributed by atoms with Gasteiger partial charge in [-0.15, -0.1) is 0 Å². The summed E-state index contributed by atoms with van der Waals surface area (Å²) in [6, 6.07) is 24.7. The largest absolute Gasteiger partial charge is 0.446 e. The van der Waals surface area contributed by atoms with Crippen LogP contribution in [0.2, 0.25) is 0 Å². The molecule has 0 atom stereocenters. The maximum absolute atomic E-state index is 12.6. The second kappa shape index (κ2) is 12.3. The number of benzene rings is 3. The Labute approximate surface area is 212 Å². The Morgan fingerprint density at radius 3 is 2.33 bits per heavy atom. The standard InChI is InChI=1S/C29H33N3O4/c1-31(28(34)24-13-11-22(21-33)12-14-24)19-20-32-17-15-25(16-18-32)36-29(35)30-27-10-6-5-9-26(27)23-7-3-2-4-8-23/h2-14,25,33H,15-21H2,1H3,(H,30,35). The molecule has 0 spiro atoms. The normalized spacial score (nSPS) is 14.3. The molecule has 0 bridgehead atoms. The van der Waals surface area contributed by atoms with E-state index in [0.29, 0.717) is 12.1 Å². The number of carbonyl (C=O) groups is 2. The molecule has 7 nitrogen and oxygen atoms in total. The Hall–Kier alpha value is -3.68. The maximum atomic E-state index is 12.6. The molecule has 1 heterocycles. The van der Waals surface area contributed by atoms with E-state index in [1.165, 1.54) is 0 Å². The van der Waals surface area contributed by atoms with Gasteiger partial charge in [0, 0.05) is 44.4 Å². The van der Waals surface area contributed by atoms with Crippen LogP contribution in [0.4, 0.5) is 10.5 Å². The van der Waals surface area contributed by atoms with Gasteiger partial charge in [0.1, 0.15) is 6.10 Å². The van der Waals surface area contributed by atoms with Crippen LogP contribution in [0.3, 0.4) is 0 Å². The van der Waals surface area contributed by atoms with E-state index >= 15 is 0 Å². The van der Waals surface area contributed by atoms with Crippen LogP contribution >= 0.6 is 0 Å². The summed E-state index contributed by atoms with van der Waals surface area (Å²) in [6.07, 6.45) is 0.950.